The molecular weight excluding hydrogens is 360 g/mol. The van der Waals surface area contributed by atoms with Gasteiger partial charge < -0.3 is 9.47 Å². The molecule has 3 nitrogen and oxygen atoms in total. The van der Waals surface area contributed by atoms with Crippen LogP contribution < -0.4 is 4.74 Å². The van der Waals surface area contributed by atoms with Gasteiger partial charge in [0.2, 0.25) is 11.6 Å². The van der Waals surface area contributed by atoms with Gasteiger partial charge >= 0.3 is 5.97 Å². The van der Waals surface area contributed by atoms with Crippen LogP contribution >= 0.6 is 11.8 Å². The first kappa shape index (κ1) is 17.3. The van der Waals surface area contributed by atoms with Gasteiger partial charge in [0.25, 0.3) is 0 Å². The topological polar surface area (TPSA) is 35.5 Å². The quantitative estimate of drug-likeness (QED) is 0.336. The second-order valence-corrected chi connectivity index (χ2v) is 6.15. The predicted octanol–water partition coefficient (Wildman–Crippen LogP) is 4.58. The van der Waals surface area contributed by atoms with Crippen LogP contribution in [0.5, 0.6) is 5.75 Å². The molecule has 2 aromatic carbocycles. The number of fused-ring (bicyclic) bond motifs is 1. The lowest BCUT2D eigenvalue weighted by Gasteiger charge is -2.23. The molecule has 1 aliphatic rings. The number of halogens is 4. The van der Waals surface area contributed by atoms with E-state index in [0.717, 1.165) is 12.7 Å². The zero-order valence-corrected chi connectivity index (χ0v) is 13.8. The van der Waals surface area contributed by atoms with Gasteiger partial charge in [-0.15, -0.1) is 0 Å². The lowest BCUT2D eigenvalue weighted by molar-refractivity contribution is -0.135. The summed E-state index contributed by atoms with van der Waals surface area (Å²) in [5.41, 5.74) is 1.28. The van der Waals surface area contributed by atoms with Crippen LogP contribution in [0, 0.1) is 30.2 Å². The molecule has 0 aliphatic carbocycles. The Hall–Kier alpha value is -2.48. The maximum atomic E-state index is 14.0. The monoisotopic (exact) mass is 370 g/mol. The van der Waals surface area contributed by atoms with Gasteiger partial charge in [-0.25, -0.2) is 18.0 Å². The fourth-order valence-corrected chi connectivity index (χ4v) is 3.22. The van der Waals surface area contributed by atoms with Crippen LogP contribution in [0.25, 0.3) is 5.76 Å². The lowest BCUT2D eigenvalue weighted by Crippen LogP contribution is -2.15. The fourth-order valence-electron chi connectivity index (χ4n) is 2.19. The third-order valence-corrected chi connectivity index (χ3v) is 4.61. The second-order valence-electron chi connectivity index (χ2n) is 5.13. The van der Waals surface area contributed by atoms with Gasteiger partial charge in [0.15, 0.2) is 23.1 Å². The highest BCUT2D eigenvalue weighted by Crippen LogP contribution is 2.48. The van der Waals surface area contributed by atoms with E-state index in [9.17, 15) is 22.4 Å². The molecule has 0 spiro atoms. The van der Waals surface area contributed by atoms with Crippen molar-refractivity contribution in [2.75, 3.05) is 7.11 Å². The summed E-state index contributed by atoms with van der Waals surface area (Å²) in [7, 11) is 1.10. The highest BCUT2D eigenvalue weighted by molar-refractivity contribution is 8.04. The van der Waals surface area contributed by atoms with E-state index in [4.69, 9.17) is 4.74 Å². The molecular formula is C17H10F4O3S. The molecule has 0 saturated carbocycles. The molecule has 2 aromatic rings. The van der Waals surface area contributed by atoms with Crippen molar-refractivity contribution < 1.29 is 31.8 Å². The van der Waals surface area contributed by atoms with Crippen LogP contribution in [0.3, 0.4) is 0 Å². The number of thioether (sulfide) groups is 1. The summed E-state index contributed by atoms with van der Waals surface area (Å²) in [6, 6.07) is 6.60. The Morgan fingerprint density at radius 3 is 2.20 bits per heavy atom. The van der Waals surface area contributed by atoms with E-state index in [-0.39, 0.29) is 10.7 Å². The molecule has 0 saturated heterocycles. The summed E-state index contributed by atoms with van der Waals surface area (Å²) in [6.07, 6.45) is 0. The van der Waals surface area contributed by atoms with Crippen molar-refractivity contribution in [2.24, 2.45) is 0 Å². The first-order valence-electron chi connectivity index (χ1n) is 6.96. The number of benzene rings is 2. The SMILES string of the molecule is COC(=O)C1=C(c2ccc(C)cc2)Oc2c(F)c(F)c(F)c(F)c2S1. The van der Waals surface area contributed by atoms with Crippen molar-refractivity contribution in [3.05, 3.63) is 63.6 Å². The number of ether oxygens (including phenoxy) is 2. The Bertz CT molecular complexity index is 907. The van der Waals surface area contributed by atoms with E-state index >= 15 is 0 Å². The number of esters is 1. The van der Waals surface area contributed by atoms with Crippen LogP contribution in [0.2, 0.25) is 0 Å². The highest BCUT2D eigenvalue weighted by atomic mass is 32.2. The van der Waals surface area contributed by atoms with E-state index in [1.165, 1.54) is 0 Å². The van der Waals surface area contributed by atoms with Crippen LogP contribution in [-0.4, -0.2) is 13.1 Å². The fraction of sp³-hybridized carbons (Fsp3) is 0.118. The molecule has 0 fully saturated rings. The first-order chi connectivity index (χ1) is 11.8. The molecule has 1 heterocycles. The minimum Gasteiger partial charge on any atom is -0.465 e. The molecule has 130 valence electrons. The average molecular weight is 370 g/mol. The maximum Gasteiger partial charge on any atom is 0.348 e. The van der Waals surface area contributed by atoms with Gasteiger partial charge in [-0.3, -0.25) is 0 Å². The molecule has 3 rings (SSSR count). The summed E-state index contributed by atoms with van der Waals surface area (Å²) >= 11 is 0.419. The molecule has 0 unspecified atom stereocenters. The van der Waals surface area contributed by atoms with E-state index < -0.39 is 39.9 Å². The Morgan fingerprint density at radius 2 is 1.60 bits per heavy atom. The van der Waals surface area contributed by atoms with Gasteiger partial charge in [0, 0.05) is 5.56 Å². The molecule has 0 atom stereocenters. The van der Waals surface area contributed by atoms with Gasteiger partial charge in [-0.05, 0) is 6.92 Å². The molecule has 0 bridgehead atoms. The summed E-state index contributed by atoms with van der Waals surface area (Å²) in [4.78, 5) is 11.1. The summed E-state index contributed by atoms with van der Waals surface area (Å²) in [5.74, 6) is -9.09. The van der Waals surface area contributed by atoms with Crippen LogP contribution in [0.15, 0.2) is 34.1 Å². The standard InChI is InChI=1S/C17H10F4O3S/c1-7-3-5-8(6-4-7)13-16(17(22)23-2)25-15-12(21)10(19)9(18)11(20)14(15)24-13/h3-6H,1-2H3. The van der Waals surface area contributed by atoms with Crippen LogP contribution in [0.1, 0.15) is 11.1 Å². The second kappa shape index (κ2) is 6.44. The van der Waals surface area contributed by atoms with Crippen molar-refractivity contribution >= 4 is 23.5 Å². The van der Waals surface area contributed by atoms with E-state index in [2.05, 4.69) is 4.74 Å². The molecule has 0 radical (unpaired) electrons. The minimum absolute atomic E-state index is 0.131. The number of aryl methyl sites for hydroxylation is 1. The summed E-state index contributed by atoms with van der Waals surface area (Å²) in [5, 5.41) is 0. The molecule has 0 amide bonds. The van der Waals surface area contributed by atoms with E-state index in [1.54, 1.807) is 24.3 Å². The highest BCUT2D eigenvalue weighted by Gasteiger charge is 2.35. The summed E-state index contributed by atoms with van der Waals surface area (Å²) in [6.45, 7) is 1.83. The van der Waals surface area contributed by atoms with Gasteiger partial charge in [-0.1, -0.05) is 41.6 Å². The Kier molecular flexibility index (Phi) is 4.47. The average Bonchev–Trinajstić information content (AvgIpc) is 2.63. The molecule has 0 N–H and O–H groups in total. The number of methoxy groups -OCH3 is 1. The Labute approximate surface area is 144 Å². The largest absolute Gasteiger partial charge is 0.465 e. The third kappa shape index (κ3) is 2.86. The number of hydrogen-bond donors (Lipinski definition) is 0. The Morgan fingerprint density at radius 1 is 1.00 bits per heavy atom. The Balaban J connectivity index is 2.22. The minimum atomic E-state index is -1.98. The van der Waals surface area contributed by atoms with Crippen molar-refractivity contribution in [2.45, 2.75) is 11.8 Å². The van der Waals surface area contributed by atoms with Gasteiger partial charge in [0.1, 0.15) is 4.91 Å². The van der Waals surface area contributed by atoms with Crippen molar-refractivity contribution in [3.63, 3.8) is 0 Å². The number of carbonyl (C=O) groups is 1. The van der Waals surface area contributed by atoms with Crippen LogP contribution in [0.4, 0.5) is 17.6 Å². The normalized spacial score (nSPS) is 13.4. The van der Waals surface area contributed by atoms with Gasteiger partial charge in [0.05, 0.1) is 12.0 Å². The van der Waals surface area contributed by atoms with Crippen molar-refractivity contribution in [1.82, 2.24) is 0 Å². The van der Waals surface area contributed by atoms with Crippen LogP contribution in [-0.2, 0) is 9.53 Å². The molecule has 0 aromatic heterocycles. The lowest BCUT2D eigenvalue weighted by atomic mass is 10.1. The third-order valence-electron chi connectivity index (χ3n) is 3.48. The predicted molar refractivity (Wildman–Crippen MR) is 82.9 cm³/mol. The van der Waals surface area contributed by atoms with Gasteiger partial charge in [-0.2, -0.15) is 4.39 Å². The smallest absolute Gasteiger partial charge is 0.348 e. The van der Waals surface area contributed by atoms with Crippen molar-refractivity contribution in [3.8, 4) is 5.75 Å². The maximum absolute atomic E-state index is 14.0. The van der Waals surface area contributed by atoms with Crippen molar-refractivity contribution in [1.29, 1.82) is 0 Å². The summed E-state index contributed by atoms with van der Waals surface area (Å²) < 4.78 is 64.9. The van der Waals surface area contributed by atoms with E-state index in [0.29, 0.717) is 17.3 Å². The van der Waals surface area contributed by atoms with E-state index in [1.807, 2.05) is 6.92 Å². The number of rotatable bonds is 2. The number of hydrogen-bond acceptors (Lipinski definition) is 4. The molecule has 8 heteroatoms. The molecule has 25 heavy (non-hydrogen) atoms. The number of carbonyl (C=O) groups excluding carboxylic acids is 1. The first-order valence-corrected chi connectivity index (χ1v) is 7.78. The molecule has 1 aliphatic heterocycles. The zero-order valence-electron chi connectivity index (χ0n) is 13.0. The zero-order chi connectivity index (χ0) is 18.3.